The number of hydrogen-bond donors (Lipinski definition) is 1. The number of carbonyl (C=O) groups is 1. The Morgan fingerprint density at radius 1 is 1.54 bits per heavy atom. The molecule has 0 saturated carbocycles. The maximum absolute atomic E-state index is 10.9. The highest BCUT2D eigenvalue weighted by molar-refractivity contribution is 7.14. The van der Waals surface area contributed by atoms with Crippen LogP contribution in [0.3, 0.4) is 0 Å². The van der Waals surface area contributed by atoms with Crippen LogP contribution in [0, 0.1) is 0 Å². The minimum absolute atomic E-state index is 0.294. The molecule has 0 aliphatic heterocycles. The molecule has 66 valence electrons. The van der Waals surface area contributed by atoms with Gasteiger partial charge in [-0.3, -0.25) is 4.79 Å². The zero-order valence-electron chi connectivity index (χ0n) is 6.45. The van der Waals surface area contributed by atoms with E-state index in [0.717, 1.165) is 10.1 Å². The van der Waals surface area contributed by atoms with Crippen LogP contribution in [0.1, 0.15) is 10.5 Å². The Morgan fingerprint density at radius 2 is 2.31 bits per heavy atom. The van der Waals surface area contributed by atoms with Gasteiger partial charge in [-0.25, -0.2) is 0 Å². The van der Waals surface area contributed by atoms with Crippen molar-refractivity contribution in [2.24, 2.45) is 5.73 Å². The van der Waals surface area contributed by atoms with Crippen LogP contribution in [0.4, 0.5) is 0 Å². The second-order valence-electron chi connectivity index (χ2n) is 2.51. The first-order valence-corrected chi connectivity index (χ1v) is 4.69. The van der Waals surface area contributed by atoms with Crippen LogP contribution in [0.5, 0.6) is 0 Å². The smallest absolute Gasteiger partial charge is 0.269 e. The zero-order valence-corrected chi connectivity index (χ0v) is 8.02. The largest absolute Gasteiger partial charge is 0.364 e. The molecule has 2 rings (SSSR count). The maximum atomic E-state index is 10.9. The third-order valence-corrected chi connectivity index (χ3v) is 3.01. The lowest BCUT2D eigenvalue weighted by Gasteiger charge is -1.91. The number of aromatic nitrogens is 1. The van der Waals surface area contributed by atoms with E-state index in [0.29, 0.717) is 10.7 Å². The minimum Gasteiger partial charge on any atom is -0.364 e. The van der Waals surface area contributed by atoms with Crippen LogP contribution in [0.25, 0.3) is 10.1 Å². The van der Waals surface area contributed by atoms with Crippen LogP contribution in [0.2, 0.25) is 5.02 Å². The average molecular weight is 213 g/mol. The summed E-state index contributed by atoms with van der Waals surface area (Å²) >= 11 is 7.08. The molecule has 0 spiro atoms. The monoisotopic (exact) mass is 212 g/mol. The Balaban J connectivity index is 2.83. The van der Waals surface area contributed by atoms with Crippen molar-refractivity contribution in [2.45, 2.75) is 0 Å². The van der Waals surface area contributed by atoms with Gasteiger partial charge in [-0.2, -0.15) is 4.37 Å². The number of halogens is 1. The maximum Gasteiger partial charge on any atom is 0.269 e. The van der Waals surface area contributed by atoms with Crippen LogP contribution < -0.4 is 5.73 Å². The number of nitrogens with two attached hydrogens (primary N) is 1. The minimum atomic E-state index is -0.520. The molecule has 1 amide bonds. The molecule has 0 saturated heterocycles. The van der Waals surface area contributed by atoms with Crippen molar-refractivity contribution >= 4 is 39.1 Å². The summed E-state index contributed by atoms with van der Waals surface area (Å²) < 4.78 is 4.74. The lowest BCUT2D eigenvalue weighted by Crippen LogP contribution is -2.11. The molecule has 0 aliphatic carbocycles. The highest BCUT2D eigenvalue weighted by atomic mass is 35.5. The number of nitrogens with zero attached hydrogens (tertiary/aromatic N) is 1. The van der Waals surface area contributed by atoms with Gasteiger partial charge >= 0.3 is 0 Å². The SMILES string of the molecule is NC(=O)c1nsc2c(Cl)cccc12. The summed E-state index contributed by atoms with van der Waals surface area (Å²) in [6.07, 6.45) is 0. The first-order chi connectivity index (χ1) is 6.20. The number of carbonyl (C=O) groups excluding carboxylic acids is 1. The number of rotatable bonds is 1. The van der Waals surface area contributed by atoms with Crippen LogP contribution in [0.15, 0.2) is 18.2 Å². The topological polar surface area (TPSA) is 56.0 Å². The second-order valence-corrected chi connectivity index (χ2v) is 3.69. The van der Waals surface area contributed by atoms with Crippen LogP contribution in [-0.4, -0.2) is 10.3 Å². The van der Waals surface area contributed by atoms with Gasteiger partial charge in [-0.15, -0.1) is 0 Å². The van der Waals surface area contributed by atoms with E-state index in [1.54, 1.807) is 18.2 Å². The molecule has 0 aliphatic rings. The predicted molar refractivity (Wildman–Crippen MR) is 53.1 cm³/mol. The van der Waals surface area contributed by atoms with Gasteiger partial charge in [0.15, 0.2) is 0 Å². The van der Waals surface area contributed by atoms with Crippen molar-refractivity contribution in [3.8, 4) is 0 Å². The van der Waals surface area contributed by atoms with E-state index in [1.165, 1.54) is 11.5 Å². The summed E-state index contributed by atoms with van der Waals surface area (Å²) in [5.74, 6) is -0.520. The molecular weight excluding hydrogens is 208 g/mol. The van der Waals surface area contributed by atoms with Gasteiger partial charge in [0.05, 0.1) is 9.72 Å². The Kier molecular flexibility index (Phi) is 1.94. The number of amides is 1. The lowest BCUT2D eigenvalue weighted by atomic mass is 10.2. The van der Waals surface area contributed by atoms with E-state index in [-0.39, 0.29) is 0 Å². The lowest BCUT2D eigenvalue weighted by molar-refractivity contribution is 0.0998. The molecule has 0 radical (unpaired) electrons. The quantitative estimate of drug-likeness (QED) is 0.787. The summed E-state index contributed by atoms with van der Waals surface area (Å²) in [7, 11) is 0. The van der Waals surface area contributed by atoms with Gasteiger partial charge < -0.3 is 5.73 Å². The molecule has 0 unspecified atom stereocenters. The number of fused-ring (bicyclic) bond motifs is 1. The van der Waals surface area contributed by atoms with Crippen LogP contribution >= 0.6 is 23.1 Å². The van der Waals surface area contributed by atoms with Crippen molar-refractivity contribution in [1.29, 1.82) is 0 Å². The van der Waals surface area contributed by atoms with Crippen LogP contribution in [-0.2, 0) is 0 Å². The Bertz CT molecular complexity index is 480. The summed E-state index contributed by atoms with van der Waals surface area (Å²) in [4.78, 5) is 10.9. The third kappa shape index (κ3) is 1.28. The summed E-state index contributed by atoms with van der Waals surface area (Å²) in [5.41, 5.74) is 5.43. The van der Waals surface area contributed by atoms with Gasteiger partial charge in [0, 0.05) is 5.39 Å². The number of primary amides is 1. The number of hydrogen-bond acceptors (Lipinski definition) is 3. The van der Waals surface area contributed by atoms with E-state index < -0.39 is 5.91 Å². The number of benzene rings is 1. The summed E-state index contributed by atoms with van der Waals surface area (Å²) in [6.45, 7) is 0. The molecule has 2 N–H and O–H groups in total. The van der Waals surface area contributed by atoms with Gasteiger partial charge in [-0.05, 0) is 17.6 Å². The molecule has 5 heteroatoms. The summed E-state index contributed by atoms with van der Waals surface area (Å²) in [5, 5.41) is 1.33. The van der Waals surface area contributed by atoms with E-state index in [4.69, 9.17) is 17.3 Å². The van der Waals surface area contributed by atoms with E-state index in [9.17, 15) is 4.79 Å². The molecule has 0 atom stereocenters. The fourth-order valence-corrected chi connectivity index (χ4v) is 2.17. The Hall–Kier alpha value is -1.13. The normalized spacial score (nSPS) is 10.5. The Morgan fingerprint density at radius 3 is 3.00 bits per heavy atom. The molecular formula is C8H5ClN2OS. The van der Waals surface area contributed by atoms with E-state index >= 15 is 0 Å². The molecule has 0 fully saturated rings. The molecule has 13 heavy (non-hydrogen) atoms. The van der Waals surface area contributed by atoms with Crippen molar-refractivity contribution in [3.05, 3.63) is 28.9 Å². The van der Waals surface area contributed by atoms with E-state index in [1.807, 2.05) is 0 Å². The first kappa shape index (κ1) is 8.47. The van der Waals surface area contributed by atoms with Crippen molar-refractivity contribution in [3.63, 3.8) is 0 Å². The average Bonchev–Trinajstić information content (AvgIpc) is 2.48. The fraction of sp³-hybridized carbons (Fsp3) is 0. The van der Waals surface area contributed by atoms with E-state index in [2.05, 4.69) is 4.37 Å². The standard InChI is InChI=1S/C8H5ClN2OS/c9-5-3-1-2-4-6(8(10)12)11-13-7(4)5/h1-3H,(H2,10,12). The van der Waals surface area contributed by atoms with Gasteiger partial charge in [0.25, 0.3) is 5.91 Å². The zero-order chi connectivity index (χ0) is 9.42. The van der Waals surface area contributed by atoms with Gasteiger partial charge in [0.1, 0.15) is 5.69 Å². The third-order valence-electron chi connectivity index (χ3n) is 1.68. The molecule has 2 aromatic rings. The highest BCUT2D eigenvalue weighted by Gasteiger charge is 2.12. The predicted octanol–water partition coefficient (Wildman–Crippen LogP) is 2.05. The first-order valence-electron chi connectivity index (χ1n) is 3.54. The van der Waals surface area contributed by atoms with Gasteiger partial charge in [0.2, 0.25) is 0 Å². The van der Waals surface area contributed by atoms with Crippen molar-refractivity contribution < 1.29 is 4.79 Å². The highest BCUT2D eigenvalue weighted by Crippen LogP contribution is 2.28. The molecule has 1 aromatic carbocycles. The molecule has 0 bridgehead atoms. The fourth-order valence-electron chi connectivity index (χ4n) is 1.11. The molecule has 1 aromatic heterocycles. The molecule has 3 nitrogen and oxygen atoms in total. The van der Waals surface area contributed by atoms with Crippen molar-refractivity contribution in [2.75, 3.05) is 0 Å². The second kappa shape index (κ2) is 2.97. The summed E-state index contributed by atoms with van der Waals surface area (Å²) in [6, 6.07) is 5.31. The van der Waals surface area contributed by atoms with Gasteiger partial charge in [-0.1, -0.05) is 23.7 Å². The molecule has 1 heterocycles. The Labute approximate surface area is 83.3 Å². The van der Waals surface area contributed by atoms with Crippen molar-refractivity contribution in [1.82, 2.24) is 4.37 Å².